The summed E-state index contributed by atoms with van der Waals surface area (Å²) >= 11 is 11.8. The number of halogens is 2. The second-order valence-corrected chi connectivity index (χ2v) is 4.97. The van der Waals surface area contributed by atoms with Crippen LogP contribution in [-0.4, -0.2) is 23.1 Å². The average molecular weight is 319 g/mol. The summed E-state index contributed by atoms with van der Waals surface area (Å²) < 4.78 is 0. The first-order valence-corrected chi connectivity index (χ1v) is 6.70. The Kier molecular flexibility index (Phi) is 6.41. The second kappa shape index (κ2) is 7.81. The summed E-state index contributed by atoms with van der Waals surface area (Å²) in [4.78, 5) is 11.8. The van der Waals surface area contributed by atoms with Gasteiger partial charge in [0, 0.05) is 17.5 Å². The number of oxime groups is 1. The Balaban J connectivity index is 2.64. The van der Waals surface area contributed by atoms with E-state index in [-0.39, 0.29) is 18.3 Å². The average Bonchev–Trinajstić information content (AvgIpc) is 2.41. The van der Waals surface area contributed by atoms with Crippen LogP contribution >= 0.6 is 23.2 Å². The van der Waals surface area contributed by atoms with E-state index < -0.39 is 6.03 Å². The van der Waals surface area contributed by atoms with Crippen LogP contribution in [0.5, 0.6) is 0 Å². The first-order chi connectivity index (χ1) is 9.46. The summed E-state index contributed by atoms with van der Waals surface area (Å²) in [6, 6.07) is 4.08. The summed E-state index contributed by atoms with van der Waals surface area (Å²) in [5.74, 6) is 0.0536. The molecule has 0 saturated heterocycles. The predicted octanol–water partition coefficient (Wildman–Crippen LogP) is 3.03. The fourth-order valence-corrected chi connectivity index (χ4v) is 1.86. The van der Waals surface area contributed by atoms with Crippen molar-refractivity contribution in [1.29, 1.82) is 0 Å². The molecule has 1 aromatic rings. The zero-order valence-corrected chi connectivity index (χ0v) is 12.4. The molecule has 6 nitrogen and oxygen atoms in total. The number of carbonyl (C=O) groups is 1. The van der Waals surface area contributed by atoms with Crippen molar-refractivity contribution in [1.82, 2.24) is 5.32 Å². The largest absolute Gasteiger partial charge is 0.409 e. The van der Waals surface area contributed by atoms with E-state index in [9.17, 15) is 4.79 Å². The van der Waals surface area contributed by atoms with E-state index >= 15 is 0 Å². The third-order valence-electron chi connectivity index (χ3n) is 2.59. The lowest BCUT2D eigenvalue weighted by Crippen LogP contribution is -2.40. The maximum atomic E-state index is 11.8. The summed E-state index contributed by atoms with van der Waals surface area (Å²) in [7, 11) is 0. The van der Waals surface area contributed by atoms with Gasteiger partial charge in [-0.05, 0) is 24.6 Å². The Labute approximate surface area is 126 Å². The van der Waals surface area contributed by atoms with E-state index in [1.165, 1.54) is 0 Å². The third-order valence-corrected chi connectivity index (χ3v) is 3.15. The molecule has 0 radical (unpaired) electrons. The number of rotatable bonds is 5. The molecule has 0 aliphatic rings. The van der Waals surface area contributed by atoms with Crippen molar-refractivity contribution >= 4 is 40.8 Å². The quantitative estimate of drug-likeness (QED) is 0.290. The van der Waals surface area contributed by atoms with Gasteiger partial charge in [-0.25, -0.2) is 4.79 Å². The lowest BCUT2D eigenvalue weighted by molar-refractivity contribution is 0.248. The monoisotopic (exact) mass is 318 g/mol. The van der Waals surface area contributed by atoms with Gasteiger partial charge in [-0.1, -0.05) is 35.3 Å². The van der Waals surface area contributed by atoms with E-state index in [1.54, 1.807) is 18.2 Å². The highest BCUT2D eigenvalue weighted by Crippen LogP contribution is 2.25. The molecular formula is C12H16Cl2N4O2. The molecule has 1 aromatic carbocycles. The summed E-state index contributed by atoms with van der Waals surface area (Å²) in [5, 5.41) is 17.5. The summed E-state index contributed by atoms with van der Waals surface area (Å²) in [6.45, 7) is 1.88. The molecule has 1 rings (SSSR count). The fourth-order valence-electron chi connectivity index (χ4n) is 1.53. The number of anilines is 1. The topological polar surface area (TPSA) is 99.7 Å². The first kappa shape index (κ1) is 16.4. The maximum Gasteiger partial charge on any atom is 0.319 e. The number of nitrogens with zero attached hydrogens (tertiary/aromatic N) is 1. The van der Waals surface area contributed by atoms with Crippen LogP contribution in [0.1, 0.15) is 19.8 Å². The van der Waals surface area contributed by atoms with Crippen molar-refractivity contribution in [3.63, 3.8) is 0 Å². The Morgan fingerprint density at radius 2 is 2.20 bits per heavy atom. The number of nitrogens with one attached hydrogen (secondary N) is 2. The number of nitrogens with two attached hydrogens (primary N) is 1. The molecule has 0 spiro atoms. The molecule has 20 heavy (non-hydrogen) atoms. The van der Waals surface area contributed by atoms with E-state index in [0.717, 1.165) is 0 Å². The molecule has 110 valence electrons. The molecule has 0 fully saturated rings. The Morgan fingerprint density at radius 3 is 2.80 bits per heavy atom. The van der Waals surface area contributed by atoms with Crippen LogP contribution in [0, 0.1) is 0 Å². The van der Waals surface area contributed by atoms with Gasteiger partial charge in [0.25, 0.3) is 0 Å². The minimum absolute atomic E-state index is 0.0536. The van der Waals surface area contributed by atoms with E-state index in [4.69, 9.17) is 34.1 Å². The Morgan fingerprint density at radius 1 is 1.50 bits per heavy atom. The molecule has 0 bridgehead atoms. The van der Waals surface area contributed by atoms with Crippen LogP contribution in [0.15, 0.2) is 23.4 Å². The number of amidine groups is 1. The van der Waals surface area contributed by atoms with Gasteiger partial charge in [-0.3, -0.25) is 0 Å². The van der Waals surface area contributed by atoms with Crippen molar-refractivity contribution in [2.45, 2.75) is 25.8 Å². The number of hydrogen-bond acceptors (Lipinski definition) is 3. The van der Waals surface area contributed by atoms with Gasteiger partial charge in [0.15, 0.2) is 0 Å². The van der Waals surface area contributed by atoms with Gasteiger partial charge in [0.2, 0.25) is 0 Å². The number of hydrogen-bond donors (Lipinski definition) is 4. The molecule has 0 aliphatic heterocycles. The summed E-state index contributed by atoms with van der Waals surface area (Å²) in [5.41, 5.74) is 5.82. The minimum atomic E-state index is -0.438. The van der Waals surface area contributed by atoms with E-state index in [2.05, 4.69) is 15.8 Å². The van der Waals surface area contributed by atoms with Crippen molar-refractivity contribution < 1.29 is 10.0 Å². The molecule has 0 saturated carbocycles. The number of amides is 2. The van der Waals surface area contributed by atoms with E-state index in [0.29, 0.717) is 22.2 Å². The van der Waals surface area contributed by atoms with Crippen LogP contribution in [0.2, 0.25) is 10.0 Å². The molecular weight excluding hydrogens is 303 g/mol. The van der Waals surface area contributed by atoms with Crippen LogP contribution in [0.4, 0.5) is 10.5 Å². The Bertz CT molecular complexity index is 508. The highest BCUT2D eigenvalue weighted by Gasteiger charge is 2.13. The molecule has 1 atom stereocenters. The normalized spacial score (nSPS) is 12.8. The molecule has 2 amide bonds. The molecule has 5 N–H and O–H groups in total. The predicted molar refractivity (Wildman–Crippen MR) is 80.7 cm³/mol. The summed E-state index contributed by atoms with van der Waals surface area (Å²) in [6.07, 6.45) is 0.886. The standard InChI is InChI=1S/C12H16Cl2N4O2/c1-2-8(6-11(15)18-20)16-12(19)17-10-5-7(13)3-4-9(10)14/h3-5,8,20H,2,6H2,1H3,(H2,15,18)(H2,16,17,19). The highest BCUT2D eigenvalue weighted by molar-refractivity contribution is 6.35. The van der Waals surface area contributed by atoms with Crippen LogP contribution in [0.25, 0.3) is 0 Å². The molecule has 0 heterocycles. The number of benzene rings is 1. The first-order valence-electron chi connectivity index (χ1n) is 5.95. The fraction of sp³-hybridized carbons (Fsp3) is 0.333. The van der Waals surface area contributed by atoms with Crippen LogP contribution in [-0.2, 0) is 0 Å². The highest BCUT2D eigenvalue weighted by atomic mass is 35.5. The van der Waals surface area contributed by atoms with E-state index in [1.807, 2.05) is 6.92 Å². The number of urea groups is 1. The van der Waals surface area contributed by atoms with Gasteiger partial charge in [-0.15, -0.1) is 0 Å². The lowest BCUT2D eigenvalue weighted by atomic mass is 10.1. The van der Waals surface area contributed by atoms with Crippen molar-refractivity contribution in [3.8, 4) is 0 Å². The van der Waals surface area contributed by atoms with Crippen molar-refractivity contribution in [3.05, 3.63) is 28.2 Å². The molecule has 0 aromatic heterocycles. The number of carbonyl (C=O) groups excluding carboxylic acids is 1. The van der Waals surface area contributed by atoms with Gasteiger partial charge in [-0.2, -0.15) is 0 Å². The maximum absolute atomic E-state index is 11.8. The van der Waals surface area contributed by atoms with Gasteiger partial charge in [0.1, 0.15) is 5.84 Å². The third kappa shape index (κ3) is 5.14. The molecule has 1 unspecified atom stereocenters. The van der Waals surface area contributed by atoms with Crippen LogP contribution in [0.3, 0.4) is 0 Å². The SMILES string of the molecule is CCC(CC(N)=NO)NC(=O)Nc1cc(Cl)ccc1Cl. The van der Waals surface area contributed by atoms with Gasteiger partial charge in [0.05, 0.1) is 10.7 Å². The Hall–Kier alpha value is -1.66. The van der Waals surface area contributed by atoms with Crippen molar-refractivity contribution in [2.75, 3.05) is 5.32 Å². The lowest BCUT2D eigenvalue weighted by Gasteiger charge is -2.17. The minimum Gasteiger partial charge on any atom is -0.409 e. The zero-order chi connectivity index (χ0) is 15.1. The molecule has 0 aliphatic carbocycles. The van der Waals surface area contributed by atoms with Crippen molar-refractivity contribution in [2.24, 2.45) is 10.9 Å². The second-order valence-electron chi connectivity index (χ2n) is 4.12. The zero-order valence-electron chi connectivity index (χ0n) is 10.9. The molecule has 8 heteroatoms. The smallest absolute Gasteiger partial charge is 0.319 e. The van der Waals surface area contributed by atoms with Crippen LogP contribution < -0.4 is 16.4 Å². The van der Waals surface area contributed by atoms with Gasteiger partial charge >= 0.3 is 6.03 Å². The van der Waals surface area contributed by atoms with Gasteiger partial charge < -0.3 is 21.6 Å².